The smallest absolute Gasteiger partial charge is 0.239 e. The van der Waals surface area contributed by atoms with Gasteiger partial charge in [-0.2, -0.15) is 0 Å². The maximum atomic E-state index is 11.8. The first-order chi connectivity index (χ1) is 9.76. The standard InChI is InChI=1S/C16H23N3O/c1-3-9-17-11-14-7-5-6-13-8-10-19(16(13)14)12-15(20)18-4-2/h5-8,10,17H,3-4,9,11-12H2,1-2H3,(H,18,20). The van der Waals surface area contributed by atoms with Crippen molar-refractivity contribution in [3.05, 3.63) is 36.0 Å². The molecule has 0 atom stereocenters. The number of carbonyl (C=O) groups excluding carboxylic acids is 1. The number of hydrogen-bond donors (Lipinski definition) is 2. The number of nitrogens with one attached hydrogen (secondary N) is 2. The van der Waals surface area contributed by atoms with E-state index in [1.54, 1.807) is 0 Å². The van der Waals surface area contributed by atoms with Crippen LogP contribution in [0.15, 0.2) is 30.5 Å². The normalized spacial score (nSPS) is 10.9. The summed E-state index contributed by atoms with van der Waals surface area (Å²) >= 11 is 0. The number of aromatic nitrogens is 1. The van der Waals surface area contributed by atoms with Crippen molar-refractivity contribution in [2.24, 2.45) is 0 Å². The molecule has 0 aliphatic rings. The van der Waals surface area contributed by atoms with E-state index in [9.17, 15) is 4.79 Å². The first-order valence-electron chi connectivity index (χ1n) is 7.30. The molecule has 2 N–H and O–H groups in total. The lowest BCUT2D eigenvalue weighted by molar-refractivity contribution is -0.121. The van der Waals surface area contributed by atoms with E-state index in [2.05, 4.69) is 41.8 Å². The van der Waals surface area contributed by atoms with Crippen LogP contribution in [0, 0.1) is 0 Å². The second-order valence-corrected chi connectivity index (χ2v) is 4.93. The Morgan fingerprint density at radius 2 is 2.10 bits per heavy atom. The van der Waals surface area contributed by atoms with Gasteiger partial charge in [-0.05, 0) is 36.9 Å². The van der Waals surface area contributed by atoms with Crippen LogP contribution in [0.2, 0.25) is 0 Å². The van der Waals surface area contributed by atoms with E-state index in [1.165, 1.54) is 10.9 Å². The van der Waals surface area contributed by atoms with Crippen LogP contribution in [-0.4, -0.2) is 23.6 Å². The minimum atomic E-state index is 0.0568. The van der Waals surface area contributed by atoms with Crippen LogP contribution in [0.3, 0.4) is 0 Å². The molecular formula is C16H23N3O. The van der Waals surface area contributed by atoms with Crippen molar-refractivity contribution >= 4 is 16.8 Å². The summed E-state index contributed by atoms with van der Waals surface area (Å²) < 4.78 is 2.03. The predicted octanol–water partition coefficient (Wildman–Crippen LogP) is 2.28. The minimum Gasteiger partial charge on any atom is -0.355 e. The molecule has 0 spiro atoms. The Balaban J connectivity index is 2.24. The number of carbonyl (C=O) groups is 1. The predicted molar refractivity (Wildman–Crippen MR) is 82.6 cm³/mol. The van der Waals surface area contributed by atoms with E-state index in [-0.39, 0.29) is 5.91 Å². The van der Waals surface area contributed by atoms with Crippen LogP contribution in [0.4, 0.5) is 0 Å². The molecule has 0 radical (unpaired) electrons. The minimum absolute atomic E-state index is 0.0568. The Morgan fingerprint density at radius 3 is 2.85 bits per heavy atom. The highest BCUT2D eigenvalue weighted by atomic mass is 16.1. The van der Waals surface area contributed by atoms with Crippen molar-refractivity contribution in [1.82, 2.24) is 15.2 Å². The number of likely N-dealkylation sites (N-methyl/N-ethyl adjacent to an activating group) is 1. The molecule has 0 aliphatic heterocycles. The van der Waals surface area contributed by atoms with E-state index in [0.717, 1.165) is 25.0 Å². The zero-order chi connectivity index (χ0) is 14.4. The van der Waals surface area contributed by atoms with Crippen LogP contribution < -0.4 is 10.6 Å². The van der Waals surface area contributed by atoms with Crippen LogP contribution in [-0.2, 0) is 17.9 Å². The molecule has 1 heterocycles. The molecule has 4 heteroatoms. The van der Waals surface area contributed by atoms with Crippen LogP contribution in [0.25, 0.3) is 10.9 Å². The fourth-order valence-corrected chi connectivity index (χ4v) is 2.42. The molecule has 4 nitrogen and oxygen atoms in total. The third kappa shape index (κ3) is 3.39. The number of fused-ring (bicyclic) bond motifs is 1. The average molecular weight is 273 g/mol. The summed E-state index contributed by atoms with van der Waals surface area (Å²) in [6.45, 7) is 6.99. The number of benzene rings is 1. The van der Waals surface area contributed by atoms with Crippen molar-refractivity contribution in [3.63, 3.8) is 0 Å². The Labute approximate surface area is 120 Å². The van der Waals surface area contributed by atoms with Gasteiger partial charge in [0.25, 0.3) is 0 Å². The van der Waals surface area contributed by atoms with Gasteiger partial charge in [0.1, 0.15) is 6.54 Å². The average Bonchev–Trinajstić information content (AvgIpc) is 2.83. The van der Waals surface area contributed by atoms with Gasteiger partial charge in [0.05, 0.1) is 5.52 Å². The number of para-hydroxylation sites is 1. The van der Waals surface area contributed by atoms with E-state index in [1.807, 2.05) is 17.7 Å². The maximum absolute atomic E-state index is 11.8. The Morgan fingerprint density at radius 1 is 1.25 bits per heavy atom. The van der Waals surface area contributed by atoms with Gasteiger partial charge in [-0.3, -0.25) is 4.79 Å². The van der Waals surface area contributed by atoms with Crippen molar-refractivity contribution in [2.75, 3.05) is 13.1 Å². The number of hydrogen-bond acceptors (Lipinski definition) is 2. The third-order valence-corrected chi connectivity index (χ3v) is 3.30. The van der Waals surface area contributed by atoms with Crippen molar-refractivity contribution in [3.8, 4) is 0 Å². The molecule has 0 fully saturated rings. The lowest BCUT2D eigenvalue weighted by Gasteiger charge is -2.10. The molecule has 2 aromatic rings. The fourth-order valence-electron chi connectivity index (χ4n) is 2.42. The zero-order valence-electron chi connectivity index (χ0n) is 12.3. The van der Waals surface area contributed by atoms with E-state index in [4.69, 9.17) is 0 Å². The summed E-state index contributed by atoms with van der Waals surface area (Å²) in [5.41, 5.74) is 2.40. The van der Waals surface area contributed by atoms with Crippen molar-refractivity contribution < 1.29 is 4.79 Å². The number of amides is 1. The lowest BCUT2D eigenvalue weighted by atomic mass is 10.1. The molecule has 108 valence electrons. The monoisotopic (exact) mass is 273 g/mol. The van der Waals surface area contributed by atoms with Crippen molar-refractivity contribution in [1.29, 1.82) is 0 Å². The molecular weight excluding hydrogens is 250 g/mol. The van der Waals surface area contributed by atoms with E-state index < -0.39 is 0 Å². The molecule has 0 aliphatic carbocycles. The summed E-state index contributed by atoms with van der Waals surface area (Å²) in [5.74, 6) is 0.0568. The van der Waals surface area contributed by atoms with E-state index in [0.29, 0.717) is 13.1 Å². The number of nitrogens with zero attached hydrogens (tertiary/aromatic N) is 1. The molecule has 0 bridgehead atoms. The summed E-state index contributed by atoms with van der Waals surface area (Å²) in [6.07, 6.45) is 3.11. The second-order valence-electron chi connectivity index (χ2n) is 4.93. The van der Waals surface area contributed by atoms with Gasteiger partial charge in [-0.15, -0.1) is 0 Å². The van der Waals surface area contributed by atoms with Crippen LogP contribution >= 0.6 is 0 Å². The highest BCUT2D eigenvalue weighted by molar-refractivity contribution is 5.85. The fraction of sp³-hybridized carbons (Fsp3) is 0.438. The summed E-state index contributed by atoms with van der Waals surface area (Å²) in [7, 11) is 0. The Hall–Kier alpha value is -1.81. The quantitative estimate of drug-likeness (QED) is 0.760. The summed E-state index contributed by atoms with van der Waals surface area (Å²) in [5, 5.41) is 7.46. The van der Waals surface area contributed by atoms with E-state index >= 15 is 0 Å². The van der Waals surface area contributed by atoms with Crippen molar-refractivity contribution in [2.45, 2.75) is 33.4 Å². The molecule has 1 aromatic carbocycles. The molecule has 2 rings (SSSR count). The van der Waals surface area contributed by atoms with Gasteiger partial charge in [-0.25, -0.2) is 0 Å². The first-order valence-corrected chi connectivity index (χ1v) is 7.30. The van der Waals surface area contributed by atoms with Gasteiger partial charge in [0.15, 0.2) is 0 Å². The number of rotatable bonds is 7. The SMILES string of the molecule is CCCNCc1cccc2ccn(CC(=O)NCC)c12. The highest BCUT2D eigenvalue weighted by Crippen LogP contribution is 2.20. The zero-order valence-corrected chi connectivity index (χ0v) is 12.3. The second kappa shape index (κ2) is 7.10. The van der Waals surface area contributed by atoms with Crippen LogP contribution in [0.1, 0.15) is 25.8 Å². The van der Waals surface area contributed by atoms with Gasteiger partial charge < -0.3 is 15.2 Å². The molecule has 1 amide bonds. The van der Waals surface area contributed by atoms with Gasteiger partial charge in [0.2, 0.25) is 5.91 Å². The largest absolute Gasteiger partial charge is 0.355 e. The van der Waals surface area contributed by atoms with Gasteiger partial charge >= 0.3 is 0 Å². The third-order valence-electron chi connectivity index (χ3n) is 3.30. The lowest BCUT2D eigenvalue weighted by Crippen LogP contribution is -2.27. The van der Waals surface area contributed by atoms with Crippen LogP contribution in [0.5, 0.6) is 0 Å². The molecule has 20 heavy (non-hydrogen) atoms. The topological polar surface area (TPSA) is 46.1 Å². The summed E-state index contributed by atoms with van der Waals surface area (Å²) in [6, 6.07) is 8.35. The van der Waals surface area contributed by atoms with Gasteiger partial charge in [-0.1, -0.05) is 25.1 Å². The molecule has 0 saturated heterocycles. The van der Waals surface area contributed by atoms with Gasteiger partial charge in [0, 0.05) is 19.3 Å². The molecule has 0 saturated carbocycles. The Kier molecular flexibility index (Phi) is 5.18. The summed E-state index contributed by atoms with van der Waals surface area (Å²) in [4.78, 5) is 11.8. The highest BCUT2D eigenvalue weighted by Gasteiger charge is 2.09. The molecule has 0 unspecified atom stereocenters. The Bertz CT molecular complexity index is 574. The molecule has 1 aromatic heterocycles. The first kappa shape index (κ1) is 14.6. The maximum Gasteiger partial charge on any atom is 0.239 e.